The molecule has 0 radical (unpaired) electrons. The summed E-state index contributed by atoms with van der Waals surface area (Å²) in [5.41, 5.74) is 0. The summed E-state index contributed by atoms with van der Waals surface area (Å²) in [5, 5.41) is 38.7. The highest BCUT2D eigenvalue weighted by molar-refractivity contribution is 4.92. The molecule has 0 aromatic carbocycles. The Labute approximate surface area is 95.5 Å². The number of hydrogen-bond donors (Lipinski definition) is 4. The van der Waals surface area contributed by atoms with Gasteiger partial charge in [0.1, 0.15) is 24.3 Å². The maximum atomic E-state index is 9.94. The first-order valence-electron chi connectivity index (χ1n) is 6.11. The molecular weight excluding hydrogens is 210 g/mol. The van der Waals surface area contributed by atoms with Crippen LogP contribution in [0.25, 0.3) is 0 Å². The van der Waals surface area contributed by atoms with Gasteiger partial charge in [0, 0.05) is 0 Å². The molecule has 16 heavy (non-hydrogen) atoms. The molecule has 0 bridgehead atoms. The molecular formula is C11H22NO4+. The summed E-state index contributed by atoms with van der Waals surface area (Å²) < 4.78 is 0.495. The fraction of sp³-hybridized carbons (Fsp3) is 1.00. The summed E-state index contributed by atoms with van der Waals surface area (Å²) in [6, 6.07) is -0.681. The molecule has 0 saturated carbocycles. The Kier molecular flexibility index (Phi) is 3.51. The van der Waals surface area contributed by atoms with Gasteiger partial charge >= 0.3 is 0 Å². The summed E-state index contributed by atoms with van der Waals surface area (Å²) in [4.78, 5) is 0. The van der Waals surface area contributed by atoms with Gasteiger partial charge in [-0.1, -0.05) is 0 Å². The minimum absolute atomic E-state index is 0.130. The van der Waals surface area contributed by atoms with Crippen LogP contribution in [0.1, 0.15) is 19.3 Å². The highest BCUT2D eigenvalue weighted by Crippen LogP contribution is 2.37. The Bertz CT molecular complexity index is 224. The zero-order valence-corrected chi connectivity index (χ0v) is 9.50. The van der Waals surface area contributed by atoms with Crippen molar-refractivity contribution in [1.82, 2.24) is 0 Å². The Hall–Kier alpha value is -0.200. The first-order chi connectivity index (χ1) is 7.67. The second kappa shape index (κ2) is 4.58. The van der Waals surface area contributed by atoms with E-state index in [2.05, 4.69) is 0 Å². The van der Waals surface area contributed by atoms with Gasteiger partial charge in [0.25, 0.3) is 0 Å². The van der Waals surface area contributed by atoms with Crippen molar-refractivity contribution < 1.29 is 24.9 Å². The lowest BCUT2D eigenvalue weighted by Crippen LogP contribution is -2.63. The molecule has 0 amide bonds. The van der Waals surface area contributed by atoms with E-state index < -0.39 is 12.2 Å². The molecule has 94 valence electrons. The van der Waals surface area contributed by atoms with Crippen LogP contribution in [-0.2, 0) is 0 Å². The van der Waals surface area contributed by atoms with E-state index in [1.807, 2.05) is 0 Å². The quantitative estimate of drug-likeness (QED) is 0.434. The number of hydrogen-bond acceptors (Lipinski definition) is 4. The number of quaternary nitrogens is 1. The molecule has 2 saturated heterocycles. The van der Waals surface area contributed by atoms with E-state index in [1.165, 1.54) is 0 Å². The first kappa shape index (κ1) is 12.3. The fourth-order valence-corrected chi connectivity index (χ4v) is 3.61. The van der Waals surface area contributed by atoms with E-state index in [1.54, 1.807) is 0 Å². The van der Waals surface area contributed by atoms with Gasteiger partial charge in [-0.05, 0) is 19.3 Å². The Morgan fingerprint density at radius 2 is 1.25 bits per heavy atom. The molecule has 2 aliphatic rings. The third-order valence-corrected chi connectivity index (χ3v) is 4.48. The highest BCUT2D eigenvalue weighted by atomic mass is 16.3. The van der Waals surface area contributed by atoms with Gasteiger partial charge in [0.15, 0.2) is 0 Å². The van der Waals surface area contributed by atoms with E-state index in [0.717, 1.165) is 32.4 Å². The molecule has 5 heteroatoms. The molecule has 2 rings (SSSR count). The normalized spacial score (nSPS) is 42.8. The summed E-state index contributed by atoms with van der Waals surface area (Å²) >= 11 is 0. The minimum atomic E-state index is -0.916. The lowest BCUT2D eigenvalue weighted by atomic mass is 10.0. The van der Waals surface area contributed by atoms with Gasteiger partial charge in [-0.15, -0.1) is 0 Å². The Morgan fingerprint density at radius 1 is 0.812 bits per heavy atom. The van der Waals surface area contributed by atoms with Crippen LogP contribution in [0, 0.1) is 0 Å². The number of aliphatic hydroxyl groups is 4. The highest BCUT2D eigenvalue weighted by Gasteiger charge is 2.59. The Morgan fingerprint density at radius 3 is 1.62 bits per heavy atom. The number of aliphatic hydroxyl groups excluding tert-OH is 4. The fourth-order valence-electron chi connectivity index (χ4n) is 3.61. The average Bonchev–Trinajstić information content (AvgIpc) is 2.49. The van der Waals surface area contributed by atoms with Gasteiger partial charge < -0.3 is 24.9 Å². The van der Waals surface area contributed by atoms with Crippen molar-refractivity contribution >= 4 is 0 Å². The molecule has 0 aromatic rings. The SMILES string of the molecule is OC[C@H]1[C@H](O)[C@@H](O)[C@H](CO)[N+]12CCCCC2. The second-order valence-electron chi connectivity index (χ2n) is 5.09. The zero-order valence-electron chi connectivity index (χ0n) is 9.50. The van der Waals surface area contributed by atoms with Crippen LogP contribution in [0.15, 0.2) is 0 Å². The molecule has 2 fully saturated rings. The van der Waals surface area contributed by atoms with Crippen molar-refractivity contribution in [3.63, 3.8) is 0 Å². The molecule has 4 atom stereocenters. The van der Waals surface area contributed by atoms with Crippen LogP contribution < -0.4 is 0 Å². The maximum Gasteiger partial charge on any atom is 0.142 e. The third-order valence-electron chi connectivity index (χ3n) is 4.48. The van der Waals surface area contributed by atoms with Gasteiger partial charge in [-0.25, -0.2) is 0 Å². The molecule has 2 heterocycles. The van der Waals surface area contributed by atoms with Crippen molar-refractivity contribution in [2.45, 2.75) is 43.6 Å². The van der Waals surface area contributed by atoms with Crippen molar-refractivity contribution in [2.75, 3.05) is 26.3 Å². The van der Waals surface area contributed by atoms with E-state index in [0.29, 0.717) is 4.48 Å². The van der Waals surface area contributed by atoms with Gasteiger partial charge in [-0.3, -0.25) is 0 Å². The number of rotatable bonds is 2. The summed E-state index contributed by atoms with van der Waals surface area (Å²) in [5.74, 6) is 0. The molecule has 2 aliphatic heterocycles. The molecule has 4 N–H and O–H groups in total. The first-order valence-corrected chi connectivity index (χ1v) is 6.11. The van der Waals surface area contributed by atoms with E-state index in [4.69, 9.17) is 0 Å². The molecule has 1 spiro atoms. The molecule has 5 nitrogen and oxygen atoms in total. The predicted molar refractivity (Wildman–Crippen MR) is 57.6 cm³/mol. The second-order valence-corrected chi connectivity index (χ2v) is 5.09. The van der Waals surface area contributed by atoms with Gasteiger partial charge in [0.2, 0.25) is 0 Å². The van der Waals surface area contributed by atoms with E-state index >= 15 is 0 Å². The van der Waals surface area contributed by atoms with Crippen LogP contribution in [0.3, 0.4) is 0 Å². The Balaban J connectivity index is 2.29. The third kappa shape index (κ3) is 1.58. The topological polar surface area (TPSA) is 80.9 Å². The summed E-state index contributed by atoms with van der Waals surface area (Å²) in [6.07, 6.45) is 1.39. The van der Waals surface area contributed by atoms with Crippen LogP contribution in [0.4, 0.5) is 0 Å². The monoisotopic (exact) mass is 232 g/mol. The zero-order chi connectivity index (χ0) is 11.8. The van der Waals surface area contributed by atoms with Crippen molar-refractivity contribution in [3.8, 4) is 0 Å². The van der Waals surface area contributed by atoms with E-state index in [9.17, 15) is 20.4 Å². The van der Waals surface area contributed by atoms with Crippen LogP contribution in [0.2, 0.25) is 0 Å². The minimum Gasteiger partial charge on any atom is -0.390 e. The maximum absolute atomic E-state index is 9.94. The van der Waals surface area contributed by atoms with E-state index in [-0.39, 0.29) is 25.3 Å². The predicted octanol–water partition coefficient (Wildman–Crippen LogP) is -1.56. The van der Waals surface area contributed by atoms with Crippen molar-refractivity contribution in [3.05, 3.63) is 0 Å². The molecule has 0 aliphatic carbocycles. The molecule has 0 aromatic heterocycles. The standard InChI is InChI=1S/C11H22NO4/c13-6-8-10(15)11(16)9(7-14)12(8)4-2-1-3-5-12/h8-11,13-16H,1-7H2/q+1/t8-,9-,10-,11-/m0/s1. The summed E-state index contributed by atoms with van der Waals surface area (Å²) in [6.45, 7) is 1.42. The van der Waals surface area contributed by atoms with Gasteiger partial charge in [-0.2, -0.15) is 0 Å². The largest absolute Gasteiger partial charge is 0.390 e. The van der Waals surface area contributed by atoms with Crippen molar-refractivity contribution in [2.24, 2.45) is 0 Å². The van der Waals surface area contributed by atoms with Gasteiger partial charge in [0.05, 0.1) is 26.3 Å². The van der Waals surface area contributed by atoms with Crippen molar-refractivity contribution in [1.29, 1.82) is 0 Å². The van der Waals surface area contributed by atoms with Crippen LogP contribution in [-0.4, -0.2) is 75.5 Å². The number of piperidine rings is 1. The number of nitrogens with zero attached hydrogens (tertiary/aromatic N) is 1. The van der Waals surface area contributed by atoms with Crippen LogP contribution >= 0.6 is 0 Å². The molecule has 0 unspecified atom stereocenters. The average molecular weight is 232 g/mol. The lowest BCUT2D eigenvalue weighted by molar-refractivity contribution is -0.968. The smallest absolute Gasteiger partial charge is 0.142 e. The lowest BCUT2D eigenvalue weighted by Gasteiger charge is -2.46. The van der Waals surface area contributed by atoms with Crippen LogP contribution in [0.5, 0.6) is 0 Å². The summed E-state index contributed by atoms with van der Waals surface area (Å²) in [7, 11) is 0.